The summed E-state index contributed by atoms with van der Waals surface area (Å²) in [5.74, 6) is 0.229. The SMILES string of the molecule is NC(=O)CCN(Cc1ccccc1)C(=O)CSC1CCCC1. The first-order chi connectivity index (χ1) is 10.6. The van der Waals surface area contributed by atoms with E-state index in [0.717, 1.165) is 5.56 Å². The molecule has 0 saturated heterocycles. The Morgan fingerprint density at radius 2 is 1.86 bits per heavy atom. The minimum atomic E-state index is -0.366. The van der Waals surface area contributed by atoms with Crippen LogP contribution in [0.2, 0.25) is 0 Å². The normalized spacial score (nSPS) is 14.9. The predicted octanol–water partition coefficient (Wildman–Crippen LogP) is 2.57. The minimum absolute atomic E-state index is 0.0991. The van der Waals surface area contributed by atoms with Crippen molar-refractivity contribution in [2.24, 2.45) is 5.73 Å². The fraction of sp³-hybridized carbons (Fsp3) is 0.529. The molecule has 2 amide bonds. The Balaban J connectivity index is 1.89. The van der Waals surface area contributed by atoms with Crippen LogP contribution >= 0.6 is 11.8 Å². The van der Waals surface area contributed by atoms with Gasteiger partial charge in [0.2, 0.25) is 11.8 Å². The summed E-state index contributed by atoms with van der Waals surface area (Å²) in [6, 6.07) is 9.86. The third kappa shape index (κ3) is 5.72. The van der Waals surface area contributed by atoms with E-state index in [1.54, 1.807) is 16.7 Å². The average Bonchev–Trinajstić information content (AvgIpc) is 3.03. The van der Waals surface area contributed by atoms with Crippen LogP contribution < -0.4 is 5.73 Å². The topological polar surface area (TPSA) is 63.4 Å². The molecule has 5 heteroatoms. The van der Waals surface area contributed by atoms with E-state index < -0.39 is 0 Å². The Bertz CT molecular complexity index is 487. The van der Waals surface area contributed by atoms with Crippen LogP contribution in [0.25, 0.3) is 0 Å². The van der Waals surface area contributed by atoms with Crippen molar-refractivity contribution in [1.29, 1.82) is 0 Å². The van der Waals surface area contributed by atoms with Crippen molar-refractivity contribution in [2.45, 2.75) is 43.9 Å². The van der Waals surface area contributed by atoms with Gasteiger partial charge in [0.15, 0.2) is 0 Å². The number of nitrogens with two attached hydrogens (primary N) is 1. The van der Waals surface area contributed by atoms with E-state index in [4.69, 9.17) is 5.73 Å². The highest BCUT2D eigenvalue weighted by Crippen LogP contribution is 2.29. The fourth-order valence-corrected chi connectivity index (χ4v) is 3.90. The number of thioether (sulfide) groups is 1. The van der Waals surface area contributed by atoms with Gasteiger partial charge in [0.1, 0.15) is 0 Å². The number of carbonyl (C=O) groups is 2. The smallest absolute Gasteiger partial charge is 0.232 e. The second kappa shape index (κ2) is 8.83. The summed E-state index contributed by atoms with van der Waals surface area (Å²) in [7, 11) is 0. The molecule has 4 nitrogen and oxygen atoms in total. The zero-order valence-corrected chi connectivity index (χ0v) is 13.7. The molecule has 0 aliphatic heterocycles. The number of hydrogen-bond acceptors (Lipinski definition) is 3. The molecule has 2 N–H and O–H groups in total. The minimum Gasteiger partial charge on any atom is -0.370 e. The third-order valence-corrected chi connectivity index (χ3v) is 5.30. The zero-order valence-electron chi connectivity index (χ0n) is 12.9. The molecule has 0 bridgehead atoms. The van der Waals surface area contributed by atoms with E-state index in [0.29, 0.717) is 24.1 Å². The monoisotopic (exact) mass is 320 g/mol. The van der Waals surface area contributed by atoms with Crippen LogP contribution in [-0.4, -0.2) is 34.3 Å². The molecular weight excluding hydrogens is 296 g/mol. The molecule has 22 heavy (non-hydrogen) atoms. The summed E-state index contributed by atoms with van der Waals surface area (Å²) in [4.78, 5) is 25.2. The lowest BCUT2D eigenvalue weighted by molar-refractivity contribution is -0.129. The number of amides is 2. The quantitative estimate of drug-likeness (QED) is 0.800. The average molecular weight is 320 g/mol. The van der Waals surface area contributed by atoms with Gasteiger partial charge in [0.05, 0.1) is 5.75 Å². The lowest BCUT2D eigenvalue weighted by atomic mass is 10.2. The summed E-state index contributed by atoms with van der Waals surface area (Å²) in [6.45, 7) is 0.937. The van der Waals surface area contributed by atoms with Gasteiger partial charge in [-0.1, -0.05) is 43.2 Å². The van der Waals surface area contributed by atoms with Crippen LogP contribution in [0.15, 0.2) is 30.3 Å². The molecule has 2 rings (SSSR count). The first-order valence-electron chi connectivity index (χ1n) is 7.87. The van der Waals surface area contributed by atoms with Crippen molar-refractivity contribution < 1.29 is 9.59 Å². The standard InChI is InChI=1S/C17H24N2O2S/c18-16(20)10-11-19(12-14-6-2-1-3-7-14)17(21)13-22-15-8-4-5-9-15/h1-3,6-7,15H,4-5,8-13H2,(H2,18,20). The largest absolute Gasteiger partial charge is 0.370 e. The number of hydrogen-bond donors (Lipinski definition) is 1. The molecule has 1 fully saturated rings. The molecule has 0 radical (unpaired) electrons. The molecule has 1 aliphatic rings. The maximum Gasteiger partial charge on any atom is 0.232 e. The van der Waals surface area contributed by atoms with Gasteiger partial charge in [-0.3, -0.25) is 9.59 Å². The van der Waals surface area contributed by atoms with Gasteiger partial charge in [0, 0.05) is 24.8 Å². The van der Waals surface area contributed by atoms with Crippen LogP contribution in [-0.2, 0) is 16.1 Å². The Hall–Kier alpha value is -1.49. The first-order valence-corrected chi connectivity index (χ1v) is 8.91. The van der Waals surface area contributed by atoms with Crippen molar-refractivity contribution >= 4 is 23.6 Å². The van der Waals surface area contributed by atoms with Gasteiger partial charge >= 0.3 is 0 Å². The molecule has 1 saturated carbocycles. The predicted molar refractivity (Wildman–Crippen MR) is 90.4 cm³/mol. The molecule has 1 aliphatic carbocycles. The molecule has 1 aromatic rings. The fourth-order valence-electron chi connectivity index (χ4n) is 2.68. The summed E-state index contributed by atoms with van der Waals surface area (Å²) >= 11 is 1.76. The van der Waals surface area contributed by atoms with Crippen molar-refractivity contribution in [3.8, 4) is 0 Å². The van der Waals surface area contributed by atoms with Crippen molar-refractivity contribution in [3.05, 3.63) is 35.9 Å². The van der Waals surface area contributed by atoms with Gasteiger partial charge in [-0.2, -0.15) is 0 Å². The number of primary amides is 1. The van der Waals surface area contributed by atoms with Gasteiger partial charge in [0.25, 0.3) is 0 Å². The van der Waals surface area contributed by atoms with Gasteiger partial charge in [-0.25, -0.2) is 0 Å². The maximum atomic E-state index is 12.5. The van der Waals surface area contributed by atoms with Crippen molar-refractivity contribution in [1.82, 2.24) is 4.90 Å². The van der Waals surface area contributed by atoms with Crippen LogP contribution in [0.3, 0.4) is 0 Å². The van der Waals surface area contributed by atoms with Gasteiger partial charge in [-0.15, -0.1) is 11.8 Å². The van der Waals surface area contributed by atoms with E-state index in [1.807, 2.05) is 30.3 Å². The number of carbonyl (C=O) groups excluding carboxylic acids is 2. The highest BCUT2D eigenvalue weighted by molar-refractivity contribution is 8.00. The number of benzene rings is 1. The number of nitrogens with zero attached hydrogens (tertiary/aromatic N) is 1. The van der Waals surface area contributed by atoms with Crippen LogP contribution in [0.1, 0.15) is 37.7 Å². The van der Waals surface area contributed by atoms with Gasteiger partial charge < -0.3 is 10.6 Å². The second-order valence-electron chi connectivity index (χ2n) is 5.73. The molecule has 0 spiro atoms. The Kier molecular flexibility index (Phi) is 6.77. The number of rotatable bonds is 8. The molecule has 0 atom stereocenters. The van der Waals surface area contributed by atoms with E-state index in [9.17, 15) is 9.59 Å². The lowest BCUT2D eigenvalue weighted by Crippen LogP contribution is -2.35. The zero-order chi connectivity index (χ0) is 15.8. The van der Waals surface area contributed by atoms with E-state index in [2.05, 4.69) is 0 Å². The van der Waals surface area contributed by atoms with E-state index in [-0.39, 0.29) is 18.2 Å². The molecule has 1 aromatic carbocycles. The van der Waals surface area contributed by atoms with E-state index in [1.165, 1.54) is 25.7 Å². The van der Waals surface area contributed by atoms with E-state index >= 15 is 0 Å². The molecule has 120 valence electrons. The van der Waals surface area contributed by atoms with Crippen molar-refractivity contribution in [3.63, 3.8) is 0 Å². The van der Waals surface area contributed by atoms with Gasteiger partial charge in [-0.05, 0) is 18.4 Å². The summed E-state index contributed by atoms with van der Waals surface area (Å²) in [6.07, 6.45) is 5.21. The maximum absolute atomic E-state index is 12.5. The Morgan fingerprint density at radius 3 is 2.50 bits per heavy atom. The molecule has 0 unspecified atom stereocenters. The van der Waals surface area contributed by atoms with Crippen molar-refractivity contribution in [2.75, 3.05) is 12.3 Å². The van der Waals surface area contributed by atoms with Crippen LogP contribution in [0.5, 0.6) is 0 Å². The molecule has 0 aromatic heterocycles. The third-order valence-electron chi connectivity index (χ3n) is 3.94. The first kappa shape index (κ1) is 16.9. The van der Waals surface area contributed by atoms with Crippen LogP contribution in [0, 0.1) is 0 Å². The second-order valence-corrected chi connectivity index (χ2v) is 7.02. The highest BCUT2D eigenvalue weighted by Gasteiger charge is 2.20. The summed E-state index contributed by atoms with van der Waals surface area (Å²) in [5.41, 5.74) is 6.30. The molecular formula is C17H24N2O2S. The summed E-state index contributed by atoms with van der Waals surface area (Å²) < 4.78 is 0. The highest BCUT2D eigenvalue weighted by atomic mass is 32.2. The Morgan fingerprint density at radius 1 is 1.18 bits per heavy atom. The van der Waals surface area contributed by atoms with Crippen LogP contribution in [0.4, 0.5) is 0 Å². The summed E-state index contributed by atoms with van der Waals surface area (Å²) in [5, 5.41) is 0.624. The molecule has 0 heterocycles. The Labute approximate surface area is 136 Å². The lowest BCUT2D eigenvalue weighted by Gasteiger charge is -2.23.